The Balaban J connectivity index is 2.13. The van der Waals surface area contributed by atoms with Crippen LogP contribution < -0.4 is 10.6 Å². The number of amides is 1. The summed E-state index contributed by atoms with van der Waals surface area (Å²) in [6, 6.07) is 8.96. The second kappa shape index (κ2) is 9.73. The minimum atomic E-state index is -1.11. The van der Waals surface area contributed by atoms with Crippen LogP contribution in [0.3, 0.4) is 0 Å². The molecule has 4 N–H and O–H groups in total. The maximum absolute atomic E-state index is 11.8. The van der Waals surface area contributed by atoms with Crippen molar-refractivity contribution in [3.63, 3.8) is 0 Å². The molecule has 1 amide bonds. The van der Waals surface area contributed by atoms with Crippen molar-refractivity contribution >= 4 is 29.1 Å². The number of hydrogen-bond acceptors (Lipinski definition) is 5. The molecule has 1 aromatic heterocycles. The highest BCUT2D eigenvalue weighted by Crippen LogP contribution is 2.33. The smallest absolute Gasteiger partial charge is 0.354 e. The maximum Gasteiger partial charge on any atom is 0.354 e. The molecule has 2 aromatic rings. The number of aromatic carboxylic acids is 1. The molecule has 1 fully saturated rings. The normalized spacial score (nSPS) is 14.3. The summed E-state index contributed by atoms with van der Waals surface area (Å²) in [6.45, 7) is 5.34. The average Bonchev–Trinajstić information content (AvgIpc) is 2.73. The standard InChI is InChI=1S/C24H30N4O3/c1-14(2)22(25)21-19(16-9-11-18(12-10-16)26-15(3)29)13-20(24(30)31)28-23(21)27-17-7-5-4-6-8-17/h9-14,17,25H,4-8H2,1-3H3,(H,26,29)(H,27,28)(H,30,31). The fourth-order valence-corrected chi connectivity index (χ4v) is 3.92. The maximum atomic E-state index is 11.8. The van der Waals surface area contributed by atoms with Gasteiger partial charge >= 0.3 is 5.97 Å². The zero-order valence-corrected chi connectivity index (χ0v) is 18.3. The molecule has 1 aromatic carbocycles. The zero-order valence-electron chi connectivity index (χ0n) is 18.3. The molecule has 0 unspecified atom stereocenters. The number of carboxylic acid groups (broad SMARTS) is 1. The van der Waals surface area contributed by atoms with Gasteiger partial charge in [-0.2, -0.15) is 0 Å². The number of aromatic nitrogens is 1. The van der Waals surface area contributed by atoms with Crippen LogP contribution in [-0.4, -0.2) is 33.7 Å². The largest absolute Gasteiger partial charge is 0.477 e. The van der Waals surface area contributed by atoms with Gasteiger partial charge in [-0.25, -0.2) is 9.78 Å². The molecule has 0 bridgehead atoms. The number of nitrogens with zero attached hydrogens (tertiary/aromatic N) is 1. The summed E-state index contributed by atoms with van der Waals surface area (Å²) >= 11 is 0. The van der Waals surface area contributed by atoms with Crippen molar-refractivity contribution in [2.24, 2.45) is 5.92 Å². The number of anilines is 2. The van der Waals surface area contributed by atoms with Crippen molar-refractivity contribution in [2.75, 3.05) is 10.6 Å². The fraction of sp³-hybridized carbons (Fsp3) is 0.417. The third kappa shape index (κ3) is 5.48. The number of carbonyl (C=O) groups excluding carboxylic acids is 1. The van der Waals surface area contributed by atoms with Gasteiger partial charge in [-0.15, -0.1) is 0 Å². The predicted octanol–water partition coefficient (Wildman–Crippen LogP) is 5.17. The van der Waals surface area contributed by atoms with Gasteiger partial charge in [0.25, 0.3) is 0 Å². The Morgan fingerprint density at radius 3 is 2.32 bits per heavy atom. The highest BCUT2D eigenvalue weighted by atomic mass is 16.4. The van der Waals surface area contributed by atoms with Crippen molar-refractivity contribution in [3.8, 4) is 11.1 Å². The fourth-order valence-electron chi connectivity index (χ4n) is 3.92. The van der Waals surface area contributed by atoms with Gasteiger partial charge in [-0.1, -0.05) is 45.2 Å². The highest BCUT2D eigenvalue weighted by molar-refractivity contribution is 6.10. The molecule has 7 nitrogen and oxygen atoms in total. The first-order valence-electron chi connectivity index (χ1n) is 10.8. The monoisotopic (exact) mass is 422 g/mol. The van der Waals surface area contributed by atoms with E-state index >= 15 is 0 Å². The Hall–Kier alpha value is -3.22. The van der Waals surface area contributed by atoms with Crippen molar-refractivity contribution in [1.82, 2.24) is 4.98 Å². The first-order valence-corrected chi connectivity index (χ1v) is 10.8. The van der Waals surface area contributed by atoms with Gasteiger partial charge in [0, 0.05) is 29.9 Å². The topological polar surface area (TPSA) is 115 Å². The summed E-state index contributed by atoms with van der Waals surface area (Å²) < 4.78 is 0. The summed E-state index contributed by atoms with van der Waals surface area (Å²) in [7, 11) is 0. The van der Waals surface area contributed by atoms with Crippen LogP contribution in [0, 0.1) is 11.3 Å². The number of benzene rings is 1. The Bertz CT molecular complexity index is 977. The van der Waals surface area contributed by atoms with Crippen molar-refractivity contribution in [2.45, 2.75) is 58.9 Å². The average molecular weight is 423 g/mol. The molecular formula is C24H30N4O3. The number of carbonyl (C=O) groups is 2. The van der Waals surface area contributed by atoms with Gasteiger partial charge in [-0.3, -0.25) is 4.79 Å². The SMILES string of the molecule is CC(=O)Nc1ccc(-c2cc(C(=O)O)nc(NC3CCCCC3)c2C(=N)C(C)C)cc1. The summed E-state index contributed by atoms with van der Waals surface area (Å²) in [5, 5.41) is 24.6. The Labute approximate surface area is 182 Å². The van der Waals surface area contributed by atoms with E-state index in [1.165, 1.54) is 19.4 Å². The molecule has 0 atom stereocenters. The highest BCUT2D eigenvalue weighted by Gasteiger charge is 2.24. The summed E-state index contributed by atoms with van der Waals surface area (Å²) in [5.41, 5.74) is 3.07. The van der Waals surface area contributed by atoms with Crippen LogP contribution in [-0.2, 0) is 4.79 Å². The second-order valence-corrected chi connectivity index (χ2v) is 8.39. The Morgan fingerprint density at radius 2 is 1.77 bits per heavy atom. The van der Waals surface area contributed by atoms with Crippen LogP contribution in [0.25, 0.3) is 11.1 Å². The van der Waals surface area contributed by atoms with E-state index in [9.17, 15) is 14.7 Å². The molecular weight excluding hydrogens is 392 g/mol. The van der Waals surface area contributed by atoms with Gasteiger partial charge in [0.05, 0.1) is 0 Å². The van der Waals surface area contributed by atoms with Gasteiger partial charge in [0.2, 0.25) is 5.91 Å². The van der Waals surface area contributed by atoms with Gasteiger partial charge in [0.15, 0.2) is 5.69 Å². The van der Waals surface area contributed by atoms with E-state index in [1.807, 2.05) is 26.0 Å². The van der Waals surface area contributed by atoms with E-state index in [4.69, 9.17) is 5.41 Å². The first kappa shape index (κ1) is 22.5. The van der Waals surface area contributed by atoms with Crippen LogP contribution in [0.2, 0.25) is 0 Å². The van der Waals surface area contributed by atoms with E-state index < -0.39 is 5.97 Å². The minimum absolute atomic E-state index is 0.0539. The number of nitrogens with one attached hydrogen (secondary N) is 3. The third-order valence-corrected chi connectivity index (χ3v) is 5.55. The van der Waals surface area contributed by atoms with Crippen molar-refractivity contribution in [1.29, 1.82) is 5.41 Å². The first-order chi connectivity index (χ1) is 14.8. The lowest BCUT2D eigenvalue weighted by atomic mass is 9.90. The molecule has 0 saturated heterocycles. The quantitative estimate of drug-likeness (QED) is 0.459. The van der Waals surface area contributed by atoms with Crippen LogP contribution in [0.4, 0.5) is 11.5 Å². The van der Waals surface area contributed by atoms with Crippen LogP contribution in [0.1, 0.15) is 68.9 Å². The molecule has 1 heterocycles. The van der Waals surface area contributed by atoms with E-state index in [1.54, 1.807) is 12.1 Å². The van der Waals surface area contributed by atoms with E-state index in [-0.39, 0.29) is 23.6 Å². The lowest BCUT2D eigenvalue weighted by Gasteiger charge is -2.26. The summed E-state index contributed by atoms with van der Waals surface area (Å²) in [4.78, 5) is 27.6. The number of hydrogen-bond donors (Lipinski definition) is 4. The molecule has 0 spiro atoms. The minimum Gasteiger partial charge on any atom is -0.477 e. The van der Waals surface area contributed by atoms with Gasteiger partial charge < -0.3 is 21.1 Å². The number of carboxylic acids is 1. The molecule has 1 saturated carbocycles. The number of rotatable bonds is 7. The van der Waals surface area contributed by atoms with E-state index in [0.29, 0.717) is 28.3 Å². The zero-order chi connectivity index (χ0) is 22.5. The van der Waals surface area contributed by atoms with Crippen LogP contribution >= 0.6 is 0 Å². The molecule has 1 aliphatic carbocycles. The van der Waals surface area contributed by atoms with Crippen molar-refractivity contribution in [3.05, 3.63) is 41.6 Å². The predicted molar refractivity (Wildman–Crippen MR) is 123 cm³/mol. The molecule has 7 heteroatoms. The lowest BCUT2D eigenvalue weighted by molar-refractivity contribution is -0.114. The molecule has 0 aliphatic heterocycles. The molecule has 1 aliphatic rings. The van der Waals surface area contributed by atoms with Gasteiger partial charge in [-0.05, 0) is 48.1 Å². The third-order valence-electron chi connectivity index (χ3n) is 5.55. The van der Waals surface area contributed by atoms with Crippen molar-refractivity contribution < 1.29 is 14.7 Å². The van der Waals surface area contributed by atoms with E-state index in [0.717, 1.165) is 31.2 Å². The molecule has 31 heavy (non-hydrogen) atoms. The Morgan fingerprint density at radius 1 is 1.13 bits per heavy atom. The molecule has 3 rings (SSSR count). The van der Waals surface area contributed by atoms with Crippen LogP contribution in [0.15, 0.2) is 30.3 Å². The van der Waals surface area contributed by atoms with Gasteiger partial charge in [0.1, 0.15) is 5.82 Å². The van der Waals surface area contributed by atoms with Crippen LogP contribution in [0.5, 0.6) is 0 Å². The molecule has 164 valence electrons. The summed E-state index contributed by atoms with van der Waals surface area (Å²) in [6.07, 6.45) is 5.49. The molecule has 0 radical (unpaired) electrons. The Kier molecular flexibility index (Phi) is 7.05. The van der Waals surface area contributed by atoms with E-state index in [2.05, 4.69) is 15.6 Å². The number of pyridine rings is 1. The lowest BCUT2D eigenvalue weighted by Crippen LogP contribution is -2.26. The summed E-state index contributed by atoms with van der Waals surface area (Å²) in [5.74, 6) is -0.857. The second-order valence-electron chi connectivity index (χ2n) is 8.39.